The first kappa shape index (κ1) is 19.5. The van der Waals surface area contributed by atoms with Gasteiger partial charge in [-0.05, 0) is 46.0 Å². The Morgan fingerprint density at radius 3 is 2.30 bits per heavy atom. The van der Waals surface area contributed by atoms with Crippen molar-refractivity contribution < 1.29 is 19.1 Å². The monoisotopic (exact) mass is 415 g/mol. The SMILES string of the molecule is COC(=O)c1cn(C23CC(C2)C3)c(=O)cc1NC1C2CN(C(=O)OC(C)(C)C)CC21. The van der Waals surface area contributed by atoms with Crippen molar-refractivity contribution in [1.29, 1.82) is 0 Å². The molecule has 8 heteroatoms. The van der Waals surface area contributed by atoms with Crippen LogP contribution in [-0.2, 0) is 15.0 Å². The highest BCUT2D eigenvalue weighted by atomic mass is 16.6. The van der Waals surface area contributed by atoms with Crippen LogP contribution in [0.4, 0.5) is 10.5 Å². The van der Waals surface area contributed by atoms with Gasteiger partial charge in [0.15, 0.2) is 0 Å². The van der Waals surface area contributed by atoms with Gasteiger partial charge in [-0.1, -0.05) is 0 Å². The van der Waals surface area contributed by atoms with Crippen molar-refractivity contribution in [2.24, 2.45) is 17.8 Å². The molecule has 6 rings (SSSR count). The molecule has 1 N–H and O–H groups in total. The van der Waals surface area contributed by atoms with Crippen LogP contribution in [0.1, 0.15) is 50.4 Å². The maximum absolute atomic E-state index is 12.8. The highest BCUT2D eigenvalue weighted by molar-refractivity contribution is 5.95. The van der Waals surface area contributed by atoms with Crippen LogP contribution in [-0.4, -0.2) is 53.4 Å². The average molecular weight is 415 g/mol. The van der Waals surface area contributed by atoms with Crippen molar-refractivity contribution in [1.82, 2.24) is 9.47 Å². The highest BCUT2D eigenvalue weighted by Crippen LogP contribution is 2.61. The largest absolute Gasteiger partial charge is 0.465 e. The highest BCUT2D eigenvalue weighted by Gasteiger charge is 2.59. The van der Waals surface area contributed by atoms with Crippen molar-refractivity contribution in [2.45, 2.75) is 57.2 Å². The molecular weight excluding hydrogens is 386 g/mol. The number of rotatable bonds is 4. The van der Waals surface area contributed by atoms with Gasteiger partial charge in [0.1, 0.15) is 5.60 Å². The number of piperidine rings is 1. The molecule has 5 fully saturated rings. The summed E-state index contributed by atoms with van der Waals surface area (Å²) in [7, 11) is 1.35. The van der Waals surface area contributed by atoms with Gasteiger partial charge in [0, 0.05) is 48.8 Å². The summed E-state index contributed by atoms with van der Waals surface area (Å²) < 4.78 is 12.2. The lowest BCUT2D eigenvalue weighted by atomic mass is 9.49. The quantitative estimate of drug-likeness (QED) is 0.760. The van der Waals surface area contributed by atoms with Gasteiger partial charge in [0.2, 0.25) is 0 Å². The lowest BCUT2D eigenvalue weighted by molar-refractivity contribution is -0.0914. The van der Waals surface area contributed by atoms with Crippen LogP contribution < -0.4 is 10.9 Å². The number of ether oxygens (including phenoxy) is 2. The van der Waals surface area contributed by atoms with Crippen molar-refractivity contribution >= 4 is 17.7 Å². The Hall–Kier alpha value is -2.51. The molecule has 1 amide bonds. The van der Waals surface area contributed by atoms with Gasteiger partial charge >= 0.3 is 12.1 Å². The molecule has 1 saturated heterocycles. The summed E-state index contributed by atoms with van der Waals surface area (Å²) in [6.45, 7) is 6.80. The number of hydrogen-bond acceptors (Lipinski definition) is 6. The molecule has 0 radical (unpaired) electrons. The van der Waals surface area contributed by atoms with E-state index in [0.717, 1.165) is 25.2 Å². The maximum atomic E-state index is 12.8. The summed E-state index contributed by atoms with van der Waals surface area (Å²) in [6.07, 6.45) is 4.45. The number of carbonyl (C=O) groups is 2. The maximum Gasteiger partial charge on any atom is 0.410 e. The lowest BCUT2D eigenvalue weighted by Gasteiger charge is -2.62. The molecule has 162 valence electrons. The van der Waals surface area contributed by atoms with E-state index >= 15 is 0 Å². The van der Waals surface area contributed by atoms with Crippen molar-refractivity contribution in [3.8, 4) is 0 Å². The standard InChI is InChI=1S/C22H29N3O5/c1-21(2,3)30-20(28)24-9-13-14(10-24)18(13)23-16-5-17(26)25(11-15(16)19(27)29-4)22-6-12(7-22)8-22/h5,11-14,18,23H,6-10H2,1-4H3. The Morgan fingerprint density at radius 1 is 1.17 bits per heavy atom. The Bertz CT molecular complexity index is 949. The van der Waals surface area contributed by atoms with Crippen molar-refractivity contribution in [3.05, 3.63) is 28.2 Å². The number of aromatic nitrogens is 1. The number of amides is 1. The number of esters is 1. The summed E-state index contributed by atoms with van der Waals surface area (Å²) in [4.78, 5) is 39.2. The summed E-state index contributed by atoms with van der Waals surface area (Å²) in [5.41, 5.74) is 0.243. The molecular formula is C22H29N3O5. The molecule has 5 aliphatic rings. The van der Waals surface area contributed by atoms with Gasteiger partial charge in [-0.15, -0.1) is 0 Å². The van der Waals surface area contributed by atoms with E-state index in [1.165, 1.54) is 13.2 Å². The van der Waals surface area contributed by atoms with Gasteiger partial charge in [0.05, 0.1) is 18.4 Å². The van der Waals surface area contributed by atoms with Crippen LogP contribution in [0, 0.1) is 17.8 Å². The number of fused-ring (bicyclic) bond motifs is 1. The first-order valence-corrected chi connectivity index (χ1v) is 10.7. The number of methoxy groups -OCH3 is 1. The minimum absolute atomic E-state index is 0.0792. The predicted molar refractivity (Wildman–Crippen MR) is 110 cm³/mol. The summed E-state index contributed by atoms with van der Waals surface area (Å²) in [5, 5.41) is 3.38. The van der Waals surface area contributed by atoms with Crippen LogP contribution >= 0.6 is 0 Å². The third kappa shape index (κ3) is 2.99. The molecule has 2 atom stereocenters. The average Bonchev–Trinajstić information content (AvgIpc) is 3.01. The minimum Gasteiger partial charge on any atom is -0.465 e. The molecule has 1 aromatic rings. The Morgan fingerprint density at radius 2 is 1.80 bits per heavy atom. The molecule has 8 nitrogen and oxygen atoms in total. The van der Waals surface area contributed by atoms with Crippen LogP contribution in [0.2, 0.25) is 0 Å². The number of nitrogens with zero attached hydrogens (tertiary/aromatic N) is 2. The minimum atomic E-state index is -0.513. The Labute approximate surface area is 175 Å². The zero-order valence-corrected chi connectivity index (χ0v) is 17.9. The Kier molecular flexibility index (Phi) is 4.05. The van der Waals surface area contributed by atoms with Gasteiger partial charge < -0.3 is 24.3 Å². The van der Waals surface area contributed by atoms with E-state index in [0.29, 0.717) is 36.2 Å². The summed E-state index contributed by atoms with van der Waals surface area (Å²) >= 11 is 0. The number of hydrogen-bond donors (Lipinski definition) is 1. The van der Waals surface area contributed by atoms with Crippen molar-refractivity contribution in [3.63, 3.8) is 0 Å². The molecule has 1 aliphatic heterocycles. The summed E-state index contributed by atoms with van der Waals surface area (Å²) in [5.74, 6) is 0.875. The van der Waals surface area contributed by atoms with E-state index in [4.69, 9.17) is 9.47 Å². The fourth-order valence-corrected chi connectivity index (χ4v) is 5.42. The number of likely N-dealkylation sites (tertiary alicyclic amines) is 1. The predicted octanol–water partition coefficient (Wildman–Crippen LogP) is 2.42. The molecule has 2 bridgehead atoms. The third-order valence-electron chi connectivity index (χ3n) is 7.14. The van der Waals surface area contributed by atoms with Crippen molar-refractivity contribution in [2.75, 3.05) is 25.5 Å². The fraction of sp³-hybridized carbons (Fsp3) is 0.682. The second-order valence-electron chi connectivity index (χ2n) is 10.4. The number of pyridine rings is 1. The topological polar surface area (TPSA) is 89.9 Å². The van der Waals surface area contributed by atoms with Gasteiger partial charge in [-0.3, -0.25) is 4.79 Å². The number of anilines is 1. The molecule has 4 saturated carbocycles. The van der Waals surface area contributed by atoms with E-state index in [1.54, 1.807) is 15.7 Å². The number of carbonyl (C=O) groups excluding carboxylic acids is 2. The zero-order valence-electron chi connectivity index (χ0n) is 17.9. The van der Waals surface area contributed by atoms with E-state index in [9.17, 15) is 14.4 Å². The van der Waals surface area contributed by atoms with E-state index in [1.807, 2.05) is 20.8 Å². The molecule has 30 heavy (non-hydrogen) atoms. The van der Waals surface area contributed by atoms with Gasteiger partial charge in [0.25, 0.3) is 5.56 Å². The van der Waals surface area contributed by atoms with Gasteiger partial charge in [-0.25, -0.2) is 9.59 Å². The van der Waals surface area contributed by atoms with E-state index in [2.05, 4.69) is 5.32 Å². The zero-order chi connectivity index (χ0) is 21.4. The summed E-state index contributed by atoms with van der Waals surface area (Å²) in [6, 6.07) is 1.67. The van der Waals surface area contributed by atoms with E-state index in [-0.39, 0.29) is 23.2 Å². The van der Waals surface area contributed by atoms with Crippen LogP contribution in [0.15, 0.2) is 17.1 Å². The second-order valence-corrected chi connectivity index (χ2v) is 10.4. The molecule has 0 spiro atoms. The first-order valence-electron chi connectivity index (χ1n) is 10.7. The smallest absolute Gasteiger partial charge is 0.410 e. The number of nitrogens with one attached hydrogen (secondary N) is 1. The van der Waals surface area contributed by atoms with Crippen LogP contribution in [0.25, 0.3) is 0 Å². The Balaban J connectivity index is 1.30. The molecule has 4 aliphatic carbocycles. The molecule has 0 aromatic carbocycles. The normalized spacial score (nSPS) is 33.1. The van der Waals surface area contributed by atoms with Gasteiger partial charge in [-0.2, -0.15) is 0 Å². The van der Waals surface area contributed by atoms with E-state index < -0.39 is 11.6 Å². The fourth-order valence-electron chi connectivity index (χ4n) is 5.42. The molecule has 2 heterocycles. The van der Waals surface area contributed by atoms with Crippen LogP contribution in [0.3, 0.4) is 0 Å². The first-order chi connectivity index (χ1) is 14.1. The third-order valence-corrected chi connectivity index (χ3v) is 7.14. The lowest BCUT2D eigenvalue weighted by Crippen LogP contribution is -2.62. The second kappa shape index (κ2) is 6.25. The van der Waals surface area contributed by atoms with Crippen LogP contribution in [0.5, 0.6) is 0 Å². The molecule has 2 unspecified atom stereocenters. The molecule has 1 aromatic heterocycles.